The highest BCUT2D eigenvalue weighted by Crippen LogP contribution is 2.28. The number of sulfonamides is 1. The van der Waals surface area contributed by atoms with E-state index in [1.165, 1.54) is 4.31 Å². The Morgan fingerprint density at radius 3 is 2.42 bits per heavy atom. The Hall–Kier alpha value is -0.130. The smallest absolute Gasteiger partial charge is 0.214 e. The first-order valence-corrected chi connectivity index (χ1v) is 5.83. The van der Waals surface area contributed by atoms with Crippen molar-refractivity contribution >= 4 is 10.0 Å². The van der Waals surface area contributed by atoms with E-state index >= 15 is 0 Å². The third-order valence-electron chi connectivity index (χ3n) is 2.00. The van der Waals surface area contributed by atoms with Crippen molar-refractivity contribution in [2.24, 2.45) is 0 Å². The maximum absolute atomic E-state index is 11.4. The van der Waals surface area contributed by atoms with Crippen LogP contribution < -0.4 is 0 Å². The van der Waals surface area contributed by atoms with Gasteiger partial charge in [-0.05, 0) is 19.8 Å². The summed E-state index contributed by atoms with van der Waals surface area (Å²) >= 11 is 0. The van der Waals surface area contributed by atoms with Gasteiger partial charge in [-0.1, -0.05) is 0 Å². The average molecular weight is 193 g/mol. The van der Waals surface area contributed by atoms with E-state index in [9.17, 15) is 8.42 Å². The summed E-state index contributed by atoms with van der Waals surface area (Å²) < 4.78 is 24.2. The van der Waals surface area contributed by atoms with Crippen LogP contribution in [0.25, 0.3) is 0 Å². The van der Waals surface area contributed by atoms with Crippen LogP contribution >= 0.6 is 0 Å². The van der Waals surface area contributed by atoms with Crippen LogP contribution in [0.15, 0.2) is 0 Å². The lowest BCUT2D eigenvalue weighted by atomic mass is 10.6. The van der Waals surface area contributed by atoms with Gasteiger partial charge in [-0.25, -0.2) is 8.42 Å². The van der Waals surface area contributed by atoms with Crippen LogP contribution in [0.2, 0.25) is 0 Å². The first kappa shape index (κ1) is 9.95. The van der Waals surface area contributed by atoms with Gasteiger partial charge in [0.05, 0.1) is 12.4 Å². The maximum Gasteiger partial charge on any atom is 0.214 e. The van der Waals surface area contributed by atoms with E-state index in [1.807, 2.05) is 0 Å². The SMILES string of the molecule is CCS(=O)(=O)N(CCO)C1CC1. The second-order valence-corrected chi connectivity index (χ2v) is 5.18. The van der Waals surface area contributed by atoms with E-state index in [-0.39, 0.29) is 24.9 Å². The number of hydrogen-bond donors (Lipinski definition) is 1. The second kappa shape index (κ2) is 3.72. The first-order valence-electron chi connectivity index (χ1n) is 4.22. The monoisotopic (exact) mass is 193 g/mol. The fraction of sp³-hybridized carbons (Fsp3) is 1.00. The minimum Gasteiger partial charge on any atom is -0.395 e. The molecule has 0 spiro atoms. The van der Waals surface area contributed by atoms with Crippen LogP contribution in [0.5, 0.6) is 0 Å². The van der Waals surface area contributed by atoms with Crippen LogP contribution in [-0.4, -0.2) is 42.8 Å². The van der Waals surface area contributed by atoms with Gasteiger partial charge in [0, 0.05) is 12.6 Å². The van der Waals surface area contributed by atoms with Crippen LogP contribution in [-0.2, 0) is 10.0 Å². The highest BCUT2D eigenvalue weighted by molar-refractivity contribution is 7.89. The highest BCUT2D eigenvalue weighted by Gasteiger charge is 2.35. The van der Waals surface area contributed by atoms with E-state index in [1.54, 1.807) is 6.92 Å². The number of aliphatic hydroxyl groups excluding tert-OH is 1. The molecule has 1 aliphatic rings. The van der Waals surface area contributed by atoms with E-state index in [0.29, 0.717) is 0 Å². The van der Waals surface area contributed by atoms with Gasteiger partial charge < -0.3 is 5.11 Å². The van der Waals surface area contributed by atoms with Crippen molar-refractivity contribution in [3.8, 4) is 0 Å². The Morgan fingerprint density at radius 1 is 1.50 bits per heavy atom. The molecule has 72 valence electrons. The quantitative estimate of drug-likeness (QED) is 0.657. The van der Waals surface area contributed by atoms with Gasteiger partial charge in [0.25, 0.3) is 0 Å². The molecule has 1 fully saturated rings. The van der Waals surface area contributed by atoms with Crippen molar-refractivity contribution in [2.75, 3.05) is 18.9 Å². The molecule has 12 heavy (non-hydrogen) atoms. The predicted molar refractivity (Wildman–Crippen MR) is 46.3 cm³/mol. The summed E-state index contributed by atoms with van der Waals surface area (Å²) in [5.41, 5.74) is 0. The van der Waals surface area contributed by atoms with E-state index in [2.05, 4.69) is 0 Å². The van der Waals surface area contributed by atoms with Crippen molar-refractivity contribution in [2.45, 2.75) is 25.8 Å². The lowest BCUT2D eigenvalue weighted by Crippen LogP contribution is -2.36. The summed E-state index contributed by atoms with van der Waals surface area (Å²) in [5.74, 6) is 0.128. The highest BCUT2D eigenvalue weighted by atomic mass is 32.2. The molecule has 0 aromatic carbocycles. The normalized spacial score (nSPS) is 18.6. The zero-order chi connectivity index (χ0) is 9.19. The number of hydrogen-bond acceptors (Lipinski definition) is 3. The zero-order valence-corrected chi connectivity index (χ0v) is 8.05. The molecule has 0 heterocycles. The lowest BCUT2D eigenvalue weighted by molar-refractivity contribution is 0.250. The molecule has 1 rings (SSSR count). The number of nitrogens with zero attached hydrogens (tertiary/aromatic N) is 1. The third-order valence-corrected chi connectivity index (χ3v) is 3.92. The second-order valence-electron chi connectivity index (χ2n) is 2.97. The molecule has 5 heteroatoms. The molecule has 0 amide bonds. The Kier molecular flexibility index (Phi) is 3.09. The summed E-state index contributed by atoms with van der Waals surface area (Å²) in [4.78, 5) is 0. The van der Waals surface area contributed by atoms with E-state index in [4.69, 9.17) is 5.11 Å². The Balaban J connectivity index is 2.64. The fourth-order valence-electron chi connectivity index (χ4n) is 1.18. The van der Waals surface area contributed by atoms with Gasteiger partial charge in [-0.15, -0.1) is 0 Å². The largest absolute Gasteiger partial charge is 0.395 e. The van der Waals surface area contributed by atoms with Crippen molar-refractivity contribution in [3.05, 3.63) is 0 Å². The summed E-state index contributed by atoms with van der Waals surface area (Å²) in [6.45, 7) is 1.79. The number of rotatable bonds is 5. The molecule has 0 aromatic rings. The van der Waals surface area contributed by atoms with Gasteiger partial charge >= 0.3 is 0 Å². The molecule has 0 unspecified atom stereocenters. The summed E-state index contributed by atoms with van der Waals surface area (Å²) in [6.07, 6.45) is 1.89. The van der Waals surface area contributed by atoms with Crippen molar-refractivity contribution in [1.29, 1.82) is 0 Å². The van der Waals surface area contributed by atoms with E-state index in [0.717, 1.165) is 12.8 Å². The molecule has 4 nitrogen and oxygen atoms in total. The minimum atomic E-state index is -3.09. The predicted octanol–water partition coefficient (Wildman–Crippen LogP) is -0.207. The van der Waals surface area contributed by atoms with E-state index < -0.39 is 10.0 Å². The first-order chi connectivity index (χ1) is 5.61. The standard InChI is InChI=1S/C7H15NO3S/c1-2-12(10,11)8(5-6-9)7-3-4-7/h7,9H,2-6H2,1H3. The summed E-state index contributed by atoms with van der Waals surface area (Å²) in [5, 5.41) is 8.67. The number of aliphatic hydroxyl groups is 1. The van der Waals surface area contributed by atoms with Gasteiger partial charge in [-0.2, -0.15) is 4.31 Å². The Labute approximate surface area is 73.2 Å². The molecule has 1 saturated carbocycles. The molecule has 0 radical (unpaired) electrons. The van der Waals surface area contributed by atoms with Crippen molar-refractivity contribution in [1.82, 2.24) is 4.31 Å². The Bertz CT molecular complexity index is 233. The Morgan fingerprint density at radius 2 is 2.08 bits per heavy atom. The molecule has 0 saturated heterocycles. The molecular weight excluding hydrogens is 178 g/mol. The average Bonchev–Trinajstić information content (AvgIpc) is 2.83. The van der Waals surface area contributed by atoms with Gasteiger partial charge in [0.1, 0.15) is 0 Å². The van der Waals surface area contributed by atoms with Crippen molar-refractivity contribution < 1.29 is 13.5 Å². The molecular formula is C7H15NO3S. The molecule has 0 atom stereocenters. The van der Waals surface area contributed by atoms with Gasteiger partial charge in [-0.3, -0.25) is 0 Å². The molecule has 1 aliphatic carbocycles. The lowest BCUT2D eigenvalue weighted by Gasteiger charge is -2.19. The maximum atomic E-state index is 11.4. The molecule has 0 aliphatic heterocycles. The van der Waals surface area contributed by atoms with Crippen LogP contribution in [0, 0.1) is 0 Å². The van der Waals surface area contributed by atoms with Crippen LogP contribution in [0.3, 0.4) is 0 Å². The molecule has 0 aromatic heterocycles. The van der Waals surface area contributed by atoms with Crippen LogP contribution in [0.1, 0.15) is 19.8 Å². The van der Waals surface area contributed by atoms with Crippen LogP contribution in [0.4, 0.5) is 0 Å². The van der Waals surface area contributed by atoms with Gasteiger partial charge in [0.2, 0.25) is 10.0 Å². The zero-order valence-electron chi connectivity index (χ0n) is 7.23. The van der Waals surface area contributed by atoms with Crippen molar-refractivity contribution in [3.63, 3.8) is 0 Å². The van der Waals surface area contributed by atoms with Gasteiger partial charge in [0.15, 0.2) is 0 Å². The molecule has 1 N–H and O–H groups in total. The minimum absolute atomic E-state index is 0.0876. The summed E-state index contributed by atoms with van der Waals surface area (Å²) in [7, 11) is -3.09. The third kappa shape index (κ3) is 2.18. The summed E-state index contributed by atoms with van der Waals surface area (Å²) in [6, 6.07) is 0.169. The topological polar surface area (TPSA) is 57.6 Å². The fourth-order valence-corrected chi connectivity index (χ4v) is 2.53. The molecule has 0 bridgehead atoms.